The first-order valence-electron chi connectivity index (χ1n) is 6.97. The van der Waals surface area contributed by atoms with Crippen molar-refractivity contribution in [3.05, 3.63) is 41.7 Å². The van der Waals surface area contributed by atoms with Crippen molar-refractivity contribution < 1.29 is 9.90 Å². The van der Waals surface area contributed by atoms with Crippen molar-refractivity contribution in [3.8, 4) is 5.75 Å². The van der Waals surface area contributed by atoms with E-state index in [0.717, 1.165) is 29.7 Å². The molecule has 3 rings (SSSR count). The number of benzene rings is 1. The second-order valence-electron chi connectivity index (χ2n) is 5.18. The van der Waals surface area contributed by atoms with Crippen LogP contribution < -0.4 is 10.6 Å². The molecule has 1 atom stereocenters. The van der Waals surface area contributed by atoms with Crippen LogP contribution in [0.5, 0.6) is 5.75 Å². The lowest BCUT2D eigenvalue weighted by Gasteiger charge is -2.13. The van der Waals surface area contributed by atoms with E-state index in [9.17, 15) is 9.90 Å². The molecular weight excluding hydrogens is 268 g/mol. The van der Waals surface area contributed by atoms with Crippen molar-refractivity contribution in [2.24, 2.45) is 0 Å². The Balaban J connectivity index is 1.72. The molecule has 1 unspecified atom stereocenters. The molecular formula is C15H18N4O2. The third kappa shape index (κ3) is 2.69. The molecule has 1 aliphatic carbocycles. The fourth-order valence-electron chi connectivity index (χ4n) is 2.74. The van der Waals surface area contributed by atoms with Crippen LogP contribution in [0.3, 0.4) is 0 Å². The summed E-state index contributed by atoms with van der Waals surface area (Å²) in [4.78, 5) is 11.3. The number of fused-ring (bicyclic) bond motifs is 1. The van der Waals surface area contributed by atoms with E-state index in [-0.39, 0.29) is 18.5 Å². The lowest BCUT2D eigenvalue weighted by atomic mass is 10.1. The minimum absolute atomic E-state index is 0.0826. The smallest absolute Gasteiger partial charge is 0.241 e. The Morgan fingerprint density at radius 2 is 2.38 bits per heavy atom. The van der Waals surface area contributed by atoms with Crippen LogP contribution in [0.2, 0.25) is 0 Å². The molecule has 1 aliphatic rings. The second-order valence-corrected chi connectivity index (χ2v) is 5.18. The van der Waals surface area contributed by atoms with Crippen LogP contribution in [0.25, 0.3) is 0 Å². The zero-order chi connectivity index (χ0) is 14.8. The highest BCUT2D eigenvalue weighted by Gasteiger charge is 2.24. The molecule has 1 aromatic carbocycles. The van der Waals surface area contributed by atoms with Crippen LogP contribution >= 0.6 is 0 Å². The number of hydrogen-bond donors (Lipinski definition) is 3. The molecule has 21 heavy (non-hydrogen) atoms. The van der Waals surface area contributed by atoms with E-state index in [4.69, 9.17) is 0 Å². The van der Waals surface area contributed by atoms with Gasteiger partial charge >= 0.3 is 0 Å². The third-order valence-electron chi connectivity index (χ3n) is 3.80. The monoisotopic (exact) mass is 286 g/mol. The maximum Gasteiger partial charge on any atom is 0.241 e. The molecule has 1 aromatic heterocycles. The Morgan fingerprint density at radius 3 is 3.19 bits per heavy atom. The largest absolute Gasteiger partial charge is 0.508 e. The average Bonchev–Trinajstić information content (AvgIpc) is 3.08. The summed E-state index contributed by atoms with van der Waals surface area (Å²) < 4.78 is 1.60. The fraction of sp³-hybridized carbons (Fsp3) is 0.333. The van der Waals surface area contributed by atoms with Crippen LogP contribution in [0.1, 0.15) is 23.6 Å². The summed E-state index contributed by atoms with van der Waals surface area (Å²) >= 11 is 0. The number of amides is 1. The molecule has 2 aromatic rings. The zero-order valence-corrected chi connectivity index (χ0v) is 11.8. The van der Waals surface area contributed by atoms with Crippen molar-refractivity contribution in [2.75, 3.05) is 12.4 Å². The van der Waals surface area contributed by atoms with E-state index in [1.165, 1.54) is 0 Å². The Labute approximate surface area is 122 Å². The van der Waals surface area contributed by atoms with Crippen LogP contribution in [0.4, 0.5) is 5.69 Å². The van der Waals surface area contributed by atoms with Crippen molar-refractivity contribution in [1.82, 2.24) is 15.1 Å². The van der Waals surface area contributed by atoms with Gasteiger partial charge in [0.1, 0.15) is 12.3 Å². The molecule has 0 saturated carbocycles. The maximum absolute atomic E-state index is 11.3. The van der Waals surface area contributed by atoms with Gasteiger partial charge in [0.25, 0.3) is 0 Å². The van der Waals surface area contributed by atoms with Gasteiger partial charge in [0.15, 0.2) is 0 Å². The average molecular weight is 286 g/mol. The number of anilines is 1. The molecule has 0 aliphatic heterocycles. The number of nitrogens with zero attached hydrogens (tertiary/aromatic N) is 2. The lowest BCUT2D eigenvalue weighted by Crippen LogP contribution is -2.23. The van der Waals surface area contributed by atoms with E-state index in [0.29, 0.717) is 5.75 Å². The van der Waals surface area contributed by atoms with Gasteiger partial charge in [0.2, 0.25) is 5.91 Å². The van der Waals surface area contributed by atoms with E-state index in [2.05, 4.69) is 15.7 Å². The number of carbonyl (C=O) groups excluding carboxylic acids is 1. The first kappa shape index (κ1) is 13.5. The van der Waals surface area contributed by atoms with Crippen LogP contribution in [-0.2, 0) is 17.8 Å². The van der Waals surface area contributed by atoms with Crippen molar-refractivity contribution >= 4 is 11.6 Å². The topological polar surface area (TPSA) is 79.2 Å². The SMILES string of the molecule is CNC(=O)Cn1cc(NC2CCc3c(O)cccc32)cn1. The fourth-order valence-corrected chi connectivity index (χ4v) is 2.74. The number of aromatic hydroxyl groups is 1. The summed E-state index contributed by atoms with van der Waals surface area (Å²) in [5, 5.41) is 20.0. The summed E-state index contributed by atoms with van der Waals surface area (Å²) in [6, 6.07) is 5.80. The van der Waals surface area contributed by atoms with E-state index in [1.54, 1.807) is 24.0 Å². The van der Waals surface area contributed by atoms with Gasteiger partial charge in [0, 0.05) is 13.2 Å². The molecule has 0 saturated heterocycles. The molecule has 6 nitrogen and oxygen atoms in total. The number of rotatable bonds is 4. The molecule has 0 radical (unpaired) electrons. The number of carbonyl (C=O) groups is 1. The second kappa shape index (κ2) is 5.47. The van der Waals surface area contributed by atoms with Gasteiger partial charge in [-0.1, -0.05) is 12.1 Å². The van der Waals surface area contributed by atoms with Gasteiger partial charge < -0.3 is 15.7 Å². The van der Waals surface area contributed by atoms with Crippen molar-refractivity contribution in [2.45, 2.75) is 25.4 Å². The van der Waals surface area contributed by atoms with Gasteiger partial charge in [-0.2, -0.15) is 5.10 Å². The van der Waals surface area contributed by atoms with Crippen LogP contribution in [0.15, 0.2) is 30.6 Å². The molecule has 110 valence electrons. The van der Waals surface area contributed by atoms with E-state index < -0.39 is 0 Å². The number of likely N-dealkylation sites (N-methyl/N-ethyl adjacent to an activating group) is 1. The van der Waals surface area contributed by atoms with Gasteiger partial charge in [-0.3, -0.25) is 9.48 Å². The summed E-state index contributed by atoms with van der Waals surface area (Å²) in [6.07, 6.45) is 5.33. The van der Waals surface area contributed by atoms with Gasteiger partial charge in [-0.15, -0.1) is 0 Å². The van der Waals surface area contributed by atoms with Crippen molar-refractivity contribution in [3.63, 3.8) is 0 Å². The number of phenols is 1. The van der Waals surface area contributed by atoms with E-state index >= 15 is 0 Å². The first-order chi connectivity index (χ1) is 10.2. The minimum Gasteiger partial charge on any atom is -0.508 e. The number of hydrogen-bond acceptors (Lipinski definition) is 4. The normalized spacial score (nSPS) is 16.5. The third-order valence-corrected chi connectivity index (χ3v) is 3.80. The highest BCUT2D eigenvalue weighted by molar-refractivity contribution is 5.75. The zero-order valence-electron chi connectivity index (χ0n) is 11.8. The highest BCUT2D eigenvalue weighted by Crippen LogP contribution is 2.38. The number of nitrogens with one attached hydrogen (secondary N) is 2. The molecule has 0 bridgehead atoms. The standard InChI is InChI=1S/C15H18N4O2/c1-16-15(21)9-19-8-10(7-17-19)18-13-6-5-12-11(13)3-2-4-14(12)20/h2-4,7-8,13,18,20H,5-6,9H2,1H3,(H,16,21). The Kier molecular flexibility index (Phi) is 3.51. The van der Waals surface area contributed by atoms with Gasteiger partial charge in [0.05, 0.1) is 17.9 Å². The van der Waals surface area contributed by atoms with Crippen LogP contribution in [-0.4, -0.2) is 27.8 Å². The quantitative estimate of drug-likeness (QED) is 0.794. The van der Waals surface area contributed by atoms with Crippen LogP contribution in [0, 0.1) is 0 Å². The Bertz CT molecular complexity index is 665. The molecule has 6 heteroatoms. The molecule has 1 amide bonds. The summed E-state index contributed by atoms with van der Waals surface area (Å²) in [5.41, 5.74) is 3.03. The molecule has 3 N–H and O–H groups in total. The maximum atomic E-state index is 11.3. The first-order valence-corrected chi connectivity index (χ1v) is 6.97. The lowest BCUT2D eigenvalue weighted by molar-refractivity contribution is -0.121. The molecule has 0 spiro atoms. The summed E-state index contributed by atoms with van der Waals surface area (Å²) in [7, 11) is 1.60. The highest BCUT2D eigenvalue weighted by atomic mass is 16.3. The van der Waals surface area contributed by atoms with Crippen molar-refractivity contribution in [1.29, 1.82) is 0 Å². The predicted octanol–water partition coefficient (Wildman–Crippen LogP) is 1.43. The number of aromatic nitrogens is 2. The van der Waals surface area contributed by atoms with Gasteiger partial charge in [-0.05, 0) is 30.0 Å². The molecule has 0 fully saturated rings. The number of phenolic OH excluding ortho intramolecular Hbond substituents is 1. The summed E-state index contributed by atoms with van der Waals surface area (Å²) in [6.45, 7) is 0.209. The molecule has 1 heterocycles. The Hall–Kier alpha value is -2.50. The van der Waals surface area contributed by atoms with Gasteiger partial charge in [-0.25, -0.2) is 0 Å². The van der Waals surface area contributed by atoms with E-state index in [1.807, 2.05) is 18.3 Å². The summed E-state index contributed by atoms with van der Waals surface area (Å²) in [5.74, 6) is 0.285. The Morgan fingerprint density at radius 1 is 1.52 bits per heavy atom. The predicted molar refractivity (Wildman–Crippen MR) is 79.1 cm³/mol. The minimum atomic E-state index is -0.0826.